The number of methoxy groups -OCH3 is 1. The molecule has 3 amide bonds. The van der Waals surface area contributed by atoms with Crippen molar-refractivity contribution in [3.05, 3.63) is 24.3 Å². The van der Waals surface area contributed by atoms with Crippen molar-refractivity contribution in [2.45, 2.75) is 70.6 Å². The van der Waals surface area contributed by atoms with Crippen LogP contribution in [-0.2, 0) is 14.3 Å². The summed E-state index contributed by atoms with van der Waals surface area (Å²) in [6, 6.07) is 5.72. The average molecular weight is 553 g/mol. The van der Waals surface area contributed by atoms with Crippen LogP contribution in [-0.4, -0.2) is 70.7 Å². The molecule has 11 heteroatoms. The minimum atomic E-state index is -0.752. The zero-order valence-corrected chi connectivity index (χ0v) is 23.8. The van der Waals surface area contributed by atoms with Gasteiger partial charge in [-0.3, -0.25) is 25.3 Å². The van der Waals surface area contributed by atoms with Crippen LogP contribution in [0.5, 0.6) is 5.75 Å². The first-order valence-corrected chi connectivity index (χ1v) is 15.1. The monoisotopic (exact) mass is 552 g/mol. The van der Waals surface area contributed by atoms with Gasteiger partial charge in [-0.15, -0.1) is 11.8 Å². The van der Waals surface area contributed by atoms with Gasteiger partial charge in [-0.05, 0) is 69.5 Å². The molecule has 37 heavy (non-hydrogen) atoms. The van der Waals surface area contributed by atoms with Crippen LogP contribution in [0.4, 0.5) is 10.5 Å². The number of amides is 3. The van der Waals surface area contributed by atoms with Gasteiger partial charge < -0.3 is 14.8 Å². The maximum Gasteiger partial charge on any atom is 0.411 e. The molecule has 0 bridgehead atoms. The highest BCUT2D eigenvalue weighted by Crippen LogP contribution is 2.27. The summed E-state index contributed by atoms with van der Waals surface area (Å²) >= 11 is 3.18. The first kappa shape index (κ1) is 29.3. The van der Waals surface area contributed by atoms with Gasteiger partial charge in [0.1, 0.15) is 23.4 Å². The normalized spacial score (nSPS) is 19.1. The molecule has 3 N–H and O–H groups in total. The van der Waals surface area contributed by atoms with E-state index in [9.17, 15) is 14.4 Å². The van der Waals surface area contributed by atoms with Crippen molar-refractivity contribution >= 4 is 47.1 Å². The molecule has 1 heterocycles. The Hall–Kier alpha value is -2.27. The van der Waals surface area contributed by atoms with Crippen LogP contribution >= 0.6 is 23.5 Å². The van der Waals surface area contributed by atoms with Gasteiger partial charge in [0.2, 0.25) is 5.91 Å². The first-order valence-electron chi connectivity index (χ1n) is 12.8. The van der Waals surface area contributed by atoms with Crippen molar-refractivity contribution < 1.29 is 23.9 Å². The Labute approximate surface area is 228 Å². The fourth-order valence-corrected chi connectivity index (χ4v) is 6.63. The van der Waals surface area contributed by atoms with Crippen LogP contribution < -0.4 is 20.9 Å². The number of ether oxygens (including phenoxy) is 2. The maximum atomic E-state index is 13.3. The molecular formula is C26H40N4O5S2. The standard InChI is InChI=1S/C26H40N4O5S2/c1-26(2,3)35-25(33)30-17-37-16-22(30)24(32)27-21(15-36-14-18-8-6-5-7-9-18)23(31)29-28-19-10-12-20(34-4)13-11-19/h10-13,18,21-22,28H,5-9,14-17H2,1-4H3,(H,27,32)(H,29,31)/t21-,22-/m0/s1. The van der Waals surface area contributed by atoms with E-state index in [0.29, 0.717) is 34.7 Å². The third-order valence-electron chi connectivity index (χ3n) is 6.23. The largest absolute Gasteiger partial charge is 0.497 e. The van der Waals surface area contributed by atoms with Crippen molar-refractivity contribution in [2.75, 3.05) is 35.7 Å². The van der Waals surface area contributed by atoms with Gasteiger partial charge in [-0.25, -0.2) is 4.79 Å². The summed E-state index contributed by atoms with van der Waals surface area (Å²) in [7, 11) is 1.59. The van der Waals surface area contributed by atoms with Crippen molar-refractivity contribution in [1.29, 1.82) is 0 Å². The Morgan fingerprint density at radius 2 is 1.84 bits per heavy atom. The van der Waals surface area contributed by atoms with Gasteiger partial charge in [0.15, 0.2) is 0 Å². The predicted molar refractivity (Wildman–Crippen MR) is 150 cm³/mol. The predicted octanol–water partition coefficient (Wildman–Crippen LogP) is 4.25. The summed E-state index contributed by atoms with van der Waals surface area (Å²) < 4.78 is 10.6. The van der Waals surface area contributed by atoms with E-state index in [1.54, 1.807) is 63.9 Å². The van der Waals surface area contributed by atoms with E-state index < -0.39 is 23.8 Å². The molecule has 2 fully saturated rings. The lowest BCUT2D eigenvalue weighted by Gasteiger charge is -2.28. The molecule has 1 aliphatic heterocycles. The van der Waals surface area contributed by atoms with E-state index in [1.807, 2.05) is 0 Å². The third kappa shape index (κ3) is 9.52. The molecule has 2 aliphatic rings. The van der Waals surface area contributed by atoms with Crippen LogP contribution in [0.3, 0.4) is 0 Å². The second-order valence-corrected chi connectivity index (χ2v) is 12.5. The zero-order chi connectivity index (χ0) is 26.8. The average Bonchev–Trinajstić information content (AvgIpc) is 3.37. The number of rotatable bonds is 10. The lowest BCUT2D eigenvalue weighted by Crippen LogP contribution is -2.55. The number of hydrazine groups is 1. The number of hydrogen-bond acceptors (Lipinski definition) is 8. The number of thioether (sulfide) groups is 2. The molecular weight excluding hydrogens is 512 g/mol. The maximum absolute atomic E-state index is 13.3. The minimum Gasteiger partial charge on any atom is -0.497 e. The summed E-state index contributed by atoms with van der Waals surface area (Å²) in [4.78, 5) is 40.5. The number of anilines is 1. The number of hydrogen-bond donors (Lipinski definition) is 3. The Morgan fingerprint density at radius 1 is 1.14 bits per heavy atom. The molecule has 1 aromatic rings. The SMILES string of the molecule is COc1ccc(NNC(=O)[C@H](CSCC2CCCCC2)NC(=O)[C@@H]2CSCN2C(=O)OC(C)(C)C)cc1. The highest BCUT2D eigenvalue weighted by atomic mass is 32.2. The minimum absolute atomic E-state index is 0.338. The molecule has 2 atom stereocenters. The molecule has 1 aliphatic carbocycles. The molecule has 1 saturated heterocycles. The van der Waals surface area contributed by atoms with Crippen molar-refractivity contribution in [2.24, 2.45) is 5.92 Å². The Bertz CT molecular complexity index is 903. The molecule has 1 aromatic carbocycles. The molecule has 9 nitrogen and oxygen atoms in total. The van der Waals surface area contributed by atoms with Crippen LogP contribution in [0.2, 0.25) is 0 Å². The second-order valence-electron chi connectivity index (χ2n) is 10.4. The number of carbonyl (C=O) groups is 3. The lowest BCUT2D eigenvalue weighted by molar-refractivity contribution is -0.130. The van der Waals surface area contributed by atoms with E-state index in [-0.39, 0.29) is 11.8 Å². The number of nitrogens with one attached hydrogen (secondary N) is 3. The summed E-state index contributed by atoms with van der Waals surface area (Å²) in [6.45, 7) is 5.38. The quantitative estimate of drug-likeness (QED) is 0.370. The van der Waals surface area contributed by atoms with Crippen LogP contribution in [0.25, 0.3) is 0 Å². The zero-order valence-electron chi connectivity index (χ0n) is 22.2. The molecule has 206 valence electrons. The molecule has 0 unspecified atom stereocenters. The van der Waals surface area contributed by atoms with Gasteiger partial charge in [-0.2, -0.15) is 11.8 Å². The fourth-order valence-electron chi connectivity index (χ4n) is 4.21. The molecule has 1 saturated carbocycles. The Kier molecular flexibility index (Phi) is 11.1. The Morgan fingerprint density at radius 3 is 2.49 bits per heavy atom. The lowest BCUT2D eigenvalue weighted by atomic mass is 9.91. The van der Waals surface area contributed by atoms with Gasteiger partial charge in [0, 0.05) is 11.5 Å². The highest BCUT2D eigenvalue weighted by Gasteiger charge is 2.38. The second kappa shape index (κ2) is 14.0. The van der Waals surface area contributed by atoms with Crippen LogP contribution in [0.15, 0.2) is 24.3 Å². The fraction of sp³-hybridized carbons (Fsp3) is 0.654. The molecule has 0 radical (unpaired) electrons. The third-order valence-corrected chi connectivity index (χ3v) is 8.52. The van der Waals surface area contributed by atoms with E-state index in [4.69, 9.17) is 9.47 Å². The van der Waals surface area contributed by atoms with Gasteiger partial charge in [-0.1, -0.05) is 19.3 Å². The van der Waals surface area contributed by atoms with Crippen LogP contribution in [0, 0.1) is 5.92 Å². The summed E-state index contributed by atoms with van der Waals surface area (Å²) in [5, 5.41) is 2.90. The van der Waals surface area contributed by atoms with Gasteiger partial charge in [0.05, 0.1) is 18.7 Å². The van der Waals surface area contributed by atoms with E-state index >= 15 is 0 Å². The first-order chi connectivity index (χ1) is 17.7. The number of nitrogens with zero attached hydrogens (tertiary/aromatic N) is 1. The van der Waals surface area contributed by atoms with E-state index in [2.05, 4.69) is 16.2 Å². The molecule has 0 spiro atoms. The smallest absolute Gasteiger partial charge is 0.411 e. The number of benzene rings is 1. The van der Waals surface area contributed by atoms with E-state index in [0.717, 1.165) is 5.75 Å². The molecule has 3 rings (SSSR count). The van der Waals surface area contributed by atoms with Crippen LogP contribution in [0.1, 0.15) is 52.9 Å². The number of carbonyl (C=O) groups excluding carboxylic acids is 3. The van der Waals surface area contributed by atoms with E-state index in [1.165, 1.54) is 48.8 Å². The topological polar surface area (TPSA) is 109 Å². The Balaban J connectivity index is 1.61. The van der Waals surface area contributed by atoms with Crippen molar-refractivity contribution in [1.82, 2.24) is 15.6 Å². The highest BCUT2D eigenvalue weighted by molar-refractivity contribution is 7.99. The summed E-state index contributed by atoms with van der Waals surface area (Å²) in [6.07, 6.45) is 5.74. The van der Waals surface area contributed by atoms with Gasteiger partial charge >= 0.3 is 6.09 Å². The summed E-state index contributed by atoms with van der Waals surface area (Å²) in [5.74, 6) is 2.93. The molecule has 0 aromatic heterocycles. The van der Waals surface area contributed by atoms with Crippen molar-refractivity contribution in [3.8, 4) is 5.75 Å². The summed E-state index contributed by atoms with van der Waals surface area (Å²) in [5.41, 5.74) is 5.66. The van der Waals surface area contributed by atoms with Crippen molar-refractivity contribution in [3.63, 3.8) is 0 Å². The van der Waals surface area contributed by atoms with Gasteiger partial charge in [0.25, 0.3) is 5.91 Å².